The fourth-order valence-electron chi connectivity index (χ4n) is 2.61. The van der Waals surface area contributed by atoms with Gasteiger partial charge in [-0.15, -0.1) is 0 Å². The maximum absolute atomic E-state index is 11.1. The minimum absolute atomic E-state index is 0.171. The highest BCUT2D eigenvalue weighted by molar-refractivity contribution is 7.98. The predicted molar refractivity (Wildman–Crippen MR) is 115 cm³/mol. The molecule has 0 fully saturated rings. The molecule has 0 saturated carbocycles. The highest BCUT2D eigenvalue weighted by atomic mass is 32.2. The number of nitrogens with zero attached hydrogens (tertiary/aromatic N) is 3. The second-order valence-corrected chi connectivity index (χ2v) is 9.23. The molecule has 0 saturated heterocycles. The summed E-state index contributed by atoms with van der Waals surface area (Å²) in [6.07, 6.45) is 1.17. The molecular formula is C19H30N3O4PS. The molecule has 0 aliphatic rings. The summed E-state index contributed by atoms with van der Waals surface area (Å²) < 4.78 is 14.1. The van der Waals surface area contributed by atoms with Crippen LogP contribution in [-0.4, -0.2) is 40.6 Å². The van der Waals surface area contributed by atoms with Crippen LogP contribution in [0.3, 0.4) is 0 Å². The highest BCUT2D eigenvalue weighted by Crippen LogP contribution is 2.46. The van der Waals surface area contributed by atoms with E-state index < -0.39 is 8.53 Å². The molecular weight excluding hydrogens is 397 g/mol. The minimum Gasteiger partial charge on any atom is -0.322 e. The van der Waals surface area contributed by atoms with Crippen molar-refractivity contribution in [2.24, 2.45) is 0 Å². The van der Waals surface area contributed by atoms with Crippen molar-refractivity contribution in [2.75, 3.05) is 19.0 Å². The number of rotatable bonds is 14. The zero-order valence-corrected chi connectivity index (χ0v) is 18.7. The van der Waals surface area contributed by atoms with Gasteiger partial charge in [0.05, 0.1) is 30.6 Å². The number of nitro groups is 1. The van der Waals surface area contributed by atoms with Crippen molar-refractivity contribution in [3.63, 3.8) is 0 Å². The monoisotopic (exact) mass is 427 g/mol. The molecule has 1 aromatic rings. The van der Waals surface area contributed by atoms with E-state index in [1.807, 2.05) is 6.07 Å². The summed E-state index contributed by atoms with van der Waals surface area (Å²) in [5, 5.41) is 19.8. The third-order valence-electron chi connectivity index (χ3n) is 3.74. The van der Waals surface area contributed by atoms with E-state index in [9.17, 15) is 10.1 Å². The average Bonchev–Trinajstić information content (AvgIpc) is 2.64. The molecule has 1 unspecified atom stereocenters. The van der Waals surface area contributed by atoms with Gasteiger partial charge in [-0.3, -0.25) is 10.1 Å². The van der Waals surface area contributed by atoms with Gasteiger partial charge in [-0.1, -0.05) is 18.2 Å². The molecule has 28 heavy (non-hydrogen) atoms. The number of para-hydroxylation sites is 1. The van der Waals surface area contributed by atoms with E-state index >= 15 is 0 Å². The Labute approximate surface area is 173 Å². The SMILES string of the molecule is CC(C)N(C(C)C)P(OCCC#N)OCCCSCc1ccccc1[N+](=O)[O-]. The third-order valence-corrected chi connectivity index (χ3v) is 6.94. The highest BCUT2D eigenvalue weighted by Gasteiger charge is 2.26. The normalized spacial score (nSPS) is 12.5. The van der Waals surface area contributed by atoms with E-state index in [1.54, 1.807) is 23.9 Å². The van der Waals surface area contributed by atoms with Crippen molar-refractivity contribution in [3.05, 3.63) is 39.9 Å². The van der Waals surface area contributed by atoms with Gasteiger partial charge in [-0.05, 0) is 39.9 Å². The Hall–Kier alpha value is -1.23. The van der Waals surface area contributed by atoms with E-state index in [1.165, 1.54) is 6.07 Å². The first-order valence-corrected chi connectivity index (χ1v) is 11.7. The Kier molecular flexibility index (Phi) is 12.3. The van der Waals surface area contributed by atoms with Crippen LogP contribution in [0.5, 0.6) is 0 Å². The number of nitro benzene ring substituents is 1. The fraction of sp³-hybridized carbons (Fsp3) is 0.632. The molecule has 0 aliphatic carbocycles. The Balaban J connectivity index is 2.45. The van der Waals surface area contributed by atoms with Crippen LogP contribution in [0.4, 0.5) is 5.69 Å². The van der Waals surface area contributed by atoms with E-state index in [-0.39, 0.29) is 22.7 Å². The molecule has 156 valence electrons. The Bertz CT molecular complexity index is 632. The zero-order valence-electron chi connectivity index (χ0n) is 17.0. The Morgan fingerprint density at radius 1 is 1.21 bits per heavy atom. The van der Waals surface area contributed by atoms with Crippen LogP contribution in [0.25, 0.3) is 0 Å². The standard InChI is InChI=1S/C19H30N3O4PS/c1-16(2)21(17(3)4)27(25-12-7-11-20)26-13-8-14-28-15-18-9-5-6-10-19(18)22(23)24/h5-6,9-10,16-17H,7-8,12-15H2,1-4H3. The lowest BCUT2D eigenvalue weighted by Gasteiger charge is -2.35. The lowest BCUT2D eigenvalue weighted by atomic mass is 10.2. The first-order valence-electron chi connectivity index (χ1n) is 9.39. The molecule has 0 spiro atoms. The van der Waals surface area contributed by atoms with E-state index in [2.05, 4.69) is 38.4 Å². The van der Waals surface area contributed by atoms with Crippen molar-refractivity contribution in [2.45, 2.75) is 58.4 Å². The van der Waals surface area contributed by atoms with Gasteiger partial charge in [-0.25, -0.2) is 4.67 Å². The molecule has 7 nitrogen and oxygen atoms in total. The summed E-state index contributed by atoms with van der Waals surface area (Å²) in [5.41, 5.74) is 0.913. The largest absolute Gasteiger partial charge is 0.322 e. The summed E-state index contributed by atoms with van der Waals surface area (Å²) in [6.45, 7) is 9.34. The quantitative estimate of drug-likeness (QED) is 0.167. The average molecular weight is 428 g/mol. The molecule has 1 rings (SSSR count). The van der Waals surface area contributed by atoms with Gasteiger partial charge in [0.1, 0.15) is 0 Å². The molecule has 9 heteroatoms. The molecule has 0 aliphatic heterocycles. The number of nitriles is 1. The minimum atomic E-state index is -1.21. The van der Waals surface area contributed by atoms with Crippen LogP contribution in [0.1, 0.15) is 46.1 Å². The molecule has 0 bridgehead atoms. The van der Waals surface area contributed by atoms with Gasteiger partial charge in [0.15, 0.2) is 0 Å². The molecule has 0 heterocycles. The summed E-state index contributed by atoms with van der Waals surface area (Å²) in [4.78, 5) is 10.7. The molecule has 1 aromatic carbocycles. The maximum atomic E-state index is 11.1. The fourth-order valence-corrected chi connectivity index (χ4v) is 5.17. The molecule has 0 aromatic heterocycles. The smallest absolute Gasteiger partial charge is 0.273 e. The van der Waals surface area contributed by atoms with Crippen LogP contribution < -0.4 is 0 Å². The summed E-state index contributed by atoms with van der Waals surface area (Å²) >= 11 is 1.66. The molecule has 0 N–H and O–H groups in total. The molecule has 0 radical (unpaired) electrons. The van der Waals surface area contributed by atoms with Gasteiger partial charge in [0, 0.05) is 29.5 Å². The van der Waals surface area contributed by atoms with Gasteiger partial charge in [-0.2, -0.15) is 17.0 Å². The van der Waals surface area contributed by atoms with Gasteiger partial charge in [0.25, 0.3) is 14.2 Å². The number of benzene rings is 1. The van der Waals surface area contributed by atoms with Crippen molar-refractivity contribution in [1.29, 1.82) is 5.26 Å². The van der Waals surface area contributed by atoms with Gasteiger partial charge in [0.2, 0.25) is 0 Å². The van der Waals surface area contributed by atoms with Crippen molar-refractivity contribution >= 4 is 26.0 Å². The maximum Gasteiger partial charge on any atom is 0.273 e. The Morgan fingerprint density at radius 3 is 2.46 bits per heavy atom. The topological polar surface area (TPSA) is 88.6 Å². The first kappa shape index (κ1) is 24.8. The Morgan fingerprint density at radius 2 is 1.86 bits per heavy atom. The predicted octanol–water partition coefficient (Wildman–Crippen LogP) is 5.51. The lowest BCUT2D eigenvalue weighted by molar-refractivity contribution is -0.385. The first-order chi connectivity index (χ1) is 13.4. The van der Waals surface area contributed by atoms with Crippen LogP contribution >= 0.6 is 20.3 Å². The number of hydrogen-bond acceptors (Lipinski definition) is 7. The van der Waals surface area contributed by atoms with Crippen molar-refractivity contribution < 1.29 is 14.0 Å². The second-order valence-electron chi connectivity index (χ2n) is 6.67. The zero-order chi connectivity index (χ0) is 20.9. The van der Waals surface area contributed by atoms with Crippen LogP contribution in [0.2, 0.25) is 0 Å². The van der Waals surface area contributed by atoms with Crippen LogP contribution in [0.15, 0.2) is 24.3 Å². The van der Waals surface area contributed by atoms with Crippen molar-refractivity contribution in [3.8, 4) is 6.07 Å². The lowest BCUT2D eigenvalue weighted by Crippen LogP contribution is -2.33. The van der Waals surface area contributed by atoms with Gasteiger partial charge >= 0.3 is 0 Å². The summed E-state index contributed by atoms with van der Waals surface area (Å²) in [5.74, 6) is 1.45. The van der Waals surface area contributed by atoms with E-state index in [4.69, 9.17) is 14.3 Å². The molecule has 0 amide bonds. The van der Waals surface area contributed by atoms with Crippen molar-refractivity contribution in [1.82, 2.24) is 4.67 Å². The van der Waals surface area contributed by atoms with Crippen LogP contribution in [-0.2, 0) is 14.8 Å². The second kappa shape index (κ2) is 13.9. The number of thioether (sulfide) groups is 1. The van der Waals surface area contributed by atoms with E-state index in [0.717, 1.165) is 17.7 Å². The molecule has 1 atom stereocenters. The number of hydrogen-bond donors (Lipinski definition) is 0. The van der Waals surface area contributed by atoms with Gasteiger partial charge < -0.3 is 9.05 Å². The summed E-state index contributed by atoms with van der Waals surface area (Å²) in [7, 11) is -1.21. The summed E-state index contributed by atoms with van der Waals surface area (Å²) in [6, 6.07) is 9.50. The van der Waals surface area contributed by atoms with Crippen LogP contribution in [0, 0.1) is 21.4 Å². The van der Waals surface area contributed by atoms with E-state index in [0.29, 0.717) is 25.4 Å². The third kappa shape index (κ3) is 8.85.